The highest BCUT2D eigenvalue weighted by Gasteiger charge is 2.40. The van der Waals surface area contributed by atoms with Gasteiger partial charge >= 0.3 is 0 Å². The minimum atomic E-state index is -0.825. The van der Waals surface area contributed by atoms with Crippen molar-refractivity contribution in [3.05, 3.63) is 50.4 Å². The molecule has 1 aliphatic rings. The van der Waals surface area contributed by atoms with Crippen molar-refractivity contribution >= 4 is 34.5 Å². The average molecular weight is 316 g/mol. The Hall–Kier alpha value is -0.650. The van der Waals surface area contributed by atoms with Crippen LogP contribution in [0.2, 0.25) is 10.0 Å². The van der Waals surface area contributed by atoms with Gasteiger partial charge in [0.1, 0.15) is 0 Å². The van der Waals surface area contributed by atoms with E-state index in [1.54, 1.807) is 29.0 Å². The van der Waals surface area contributed by atoms with Gasteiger partial charge in [0, 0.05) is 28.1 Å². The summed E-state index contributed by atoms with van der Waals surface area (Å²) in [4.78, 5) is 5.17. The zero-order chi connectivity index (χ0) is 13.3. The van der Waals surface area contributed by atoms with Crippen LogP contribution in [-0.2, 0) is 21.7 Å². The van der Waals surface area contributed by atoms with Crippen molar-refractivity contribution in [3.63, 3.8) is 0 Å². The number of thiazole rings is 1. The van der Waals surface area contributed by atoms with Crippen LogP contribution in [0.1, 0.15) is 10.4 Å². The minimum absolute atomic E-state index is 0.553. The van der Waals surface area contributed by atoms with Gasteiger partial charge in [-0.1, -0.05) is 29.3 Å². The molecule has 100 valence electrons. The van der Waals surface area contributed by atoms with Crippen LogP contribution < -0.4 is 0 Å². The predicted octanol–water partition coefficient (Wildman–Crippen LogP) is 3.89. The van der Waals surface area contributed by atoms with E-state index >= 15 is 0 Å². The van der Waals surface area contributed by atoms with Gasteiger partial charge in [-0.25, -0.2) is 0 Å². The van der Waals surface area contributed by atoms with Gasteiger partial charge in [0.05, 0.1) is 23.7 Å². The Morgan fingerprint density at radius 2 is 2.05 bits per heavy atom. The van der Waals surface area contributed by atoms with E-state index in [-0.39, 0.29) is 0 Å². The molecule has 0 aliphatic carbocycles. The van der Waals surface area contributed by atoms with Crippen LogP contribution in [-0.4, -0.2) is 18.2 Å². The van der Waals surface area contributed by atoms with Gasteiger partial charge in [0.25, 0.3) is 0 Å². The van der Waals surface area contributed by atoms with Crippen LogP contribution in [0.5, 0.6) is 0 Å². The van der Waals surface area contributed by atoms with E-state index in [0.29, 0.717) is 29.7 Å². The van der Waals surface area contributed by atoms with E-state index in [0.717, 1.165) is 10.4 Å². The smallest absolute Gasteiger partial charge is 0.201 e. The molecule has 0 saturated carbocycles. The van der Waals surface area contributed by atoms with Crippen LogP contribution in [0.15, 0.2) is 29.9 Å². The fraction of sp³-hybridized carbons (Fsp3) is 0.308. The lowest BCUT2D eigenvalue weighted by Gasteiger charge is -2.28. The largest absolute Gasteiger partial charge is 0.343 e. The third-order valence-corrected chi connectivity index (χ3v) is 4.31. The first kappa shape index (κ1) is 13.3. The Morgan fingerprint density at radius 1 is 1.26 bits per heavy atom. The fourth-order valence-electron chi connectivity index (χ4n) is 2.16. The van der Waals surface area contributed by atoms with Crippen LogP contribution in [0.3, 0.4) is 0 Å². The van der Waals surface area contributed by atoms with Crippen LogP contribution in [0.4, 0.5) is 0 Å². The molecule has 0 radical (unpaired) electrons. The molecular weight excluding hydrogens is 305 g/mol. The molecule has 6 heteroatoms. The molecule has 0 atom stereocenters. The number of rotatable bonds is 3. The predicted molar refractivity (Wildman–Crippen MR) is 75.9 cm³/mol. The monoisotopic (exact) mass is 315 g/mol. The van der Waals surface area contributed by atoms with Crippen molar-refractivity contribution in [3.8, 4) is 0 Å². The summed E-state index contributed by atoms with van der Waals surface area (Å²) in [5, 5.41) is 1.15. The summed E-state index contributed by atoms with van der Waals surface area (Å²) in [6, 6.07) is 5.36. The number of ether oxygens (including phenoxy) is 2. The molecule has 2 aromatic rings. The van der Waals surface area contributed by atoms with Crippen LogP contribution >= 0.6 is 34.5 Å². The third-order valence-electron chi connectivity index (χ3n) is 2.99. The molecule has 1 fully saturated rings. The van der Waals surface area contributed by atoms with Crippen LogP contribution in [0.25, 0.3) is 0 Å². The molecule has 0 bridgehead atoms. The number of nitrogens with zero attached hydrogens (tertiary/aromatic N) is 1. The van der Waals surface area contributed by atoms with Gasteiger partial charge in [-0.05, 0) is 12.1 Å². The summed E-state index contributed by atoms with van der Waals surface area (Å²) in [5.74, 6) is -0.825. The molecule has 19 heavy (non-hydrogen) atoms. The molecule has 1 saturated heterocycles. The van der Waals surface area contributed by atoms with Crippen molar-refractivity contribution in [2.45, 2.75) is 12.2 Å². The summed E-state index contributed by atoms with van der Waals surface area (Å²) < 4.78 is 11.7. The highest BCUT2D eigenvalue weighted by atomic mass is 35.5. The molecule has 1 aromatic carbocycles. The Balaban J connectivity index is 2.00. The first-order valence-electron chi connectivity index (χ1n) is 5.80. The maximum atomic E-state index is 6.28. The van der Waals surface area contributed by atoms with E-state index in [4.69, 9.17) is 32.7 Å². The Labute approximate surface area is 125 Å². The van der Waals surface area contributed by atoms with Crippen molar-refractivity contribution in [2.75, 3.05) is 13.2 Å². The zero-order valence-electron chi connectivity index (χ0n) is 9.94. The highest BCUT2D eigenvalue weighted by molar-refractivity contribution is 7.09. The second-order valence-electron chi connectivity index (χ2n) is 4.22. The number of benzene rings is 1. The quantitative estimate of drug-likeness (QED) is 0.861. The van der Waals surface area contributed by atoms with Crippen LogP contribution in [0, 0.1) is 0 Å². The second-order valence-corrected chi connectivity index (χ2v) is 6.03. The molecule has 0 spiro atoms. The van der Waals surface area contributed by atoms with E-state index in [1.807, 2.05) is 12.3 Å². The lowest BCUT2D eigenvalue weighted by Crippen LogP contribution is -2.30. The summed E-state index contributed by atoms with van der Waals surface area (Å²) in [7, 11) is 0. The SMILES string of the molecule is Clc1ccc(C2(Cc3cncs3)OCCO2)c(Cl)c1. The van der Waals surface area contributed by atoms with Crippen molar-refractivity contribution in [1.29, 1.82) is 0 Å². The summed E-state index contributed by atoms with van der Waals surface area (Å²) >= 11 is 13.8. The van der Waals surface area contributed by atoms with Gasteiger partial charge in [0.15, 0.2) is 0 Å². The maximum absolute atomic E-state index is 6.28. The Bertz CT molecular complexity index is 568. The van der Waals surface area contributed by atoms with Gasteiger partial charge in [-0.15, -0.1) is 11.3 Å². The lowest BCUT2D eigenvalue weighted by molar-refractivity contribution is -0.164. The van der Waals surface area contributed by atoms with Crippen molar-refractivity contribution < 1.29 is 9.47 Å². The molecule has 0 N–H and O–H groups in total. The Kier molecular flexibility index (Phi) is 3.78. The van der Waals surface area contributed by atoms with Gasteiger partial charge < -0.3 is 9.47 Å². The number of halogens is 2. The summed E-state index contributed by atoms with van der Waals surface area (Å²) in [6.45, 7) is 1.11. The summed E-state index contributed by atoms with van der Waals surface area (Å²) in [6.07, 6.45) is 2.42. The first-order valence-corrected chi connectivity index (χ1v) is 7.44. The van der Waals surface area contributed by atoms with E-state index < -0.39 is 5.79 Å². The molecule has 1 aliphatic heterocycles. The number of aromatic nitrogens is 1. The molecular formula is C13H11Cl2NO2S. The van der Waals surface area contributed by atoms with E-state index in [2.05, 4.69) is 4.98 Å². The molecule has 3 rings (SSSR count). The average Bonchev–Trinajstić information content (AvgIpc) is 3.02. The molecule has 1 aromatic heterocycles. The van der Waals surface area contributed by atoms with Gasteiger partial charge in [-0.2, -0.15) is 0 Å². The molecule has 0 unspecified atom stereocenters. The second kappa shape index (κ2) is 5.38. The third kappa shape index (κ3) is 2.64. The van der Waals surface area contributed by atoms with E-state index in [9.17, 15) is 0 Å². The first-order chi connectivity index (χ1) is 9.20. The van der Waals surface area contributed by atoms with Gasteiger partial charge in [0.2, 0.25) is 5.79 Å². The summed E-state index contributed by atoms with van der Waals surface area (Å²) in [5.41, 5.74) is 2.60. The molecule has 3 nitrogen and oxygen atoms in total. The molecule has 0 amide bonds. The normalized spacial score (nSPS) is 17.8. The van der Waals surface area contributed by atoms with E-state index in [1.165, 1.54) is 0 Å². The number of hydrogen-bond donors (Lipinski definition) is 0. The minimum Gasteiger partial charge on any atom is -0.343 e. The standard InChI is InChI=1S/C13H11Cl2NO2S/c14-9-1-2-11(12(15)5-9)13(17-3-4-18-13)6-10-7-16-8-19-10/h1-2,5,7-8H,3-4,6H2. The number of hydrogen-bond acceptors (Lipinski definition) is 4. The lowest BCUT2D eigenvalue weighted by atomic mass is 10.0. The molecule has 2 heterocycles. The van der Waals surface area contributed by atoms with Gasteiger partial charge in [-0.3, -0.25) is 4.98 Å². The maximum Gasteiger partial charge on any atom is 0.201 e. The highest BCUT2D eigenvalue weighted by Crippen LogP contribution is 2.40. The van der Waals surface area contributed by atoms with Crippen molar-refractivity contribution in [2.24, 2.45) is 0 Å². The zero-order valence-corrected chi connectivity index (χ0v) is 12.3. The van der Waals surface area contributed by atoms with Crippen molar-refractivity contribution in [1.82, 2.24) is 4.98 Å². The topological polar surface area (TPSA) is 31.4 Å². The Morgan fingerprint density at radius 3 is 2.68 bits per heavy atom. The fourth-order valence-corrected chi connectivity index (χ4v) is 3.37.